The van der Waals surface area contributed by atoms with Crippen molar-refractivity contribution in [2.24, 2.45) is 0 Å². The van der Waals surface area contributed by atoms with Crippen LogP contribution in [0.15, 0.2) is 0 Å². The van der Waals surface area contributed by atoms with E-state index < -0.39 is 5.97 Å². The van der Waals surface area contributed by atoms with Gasteiger partial charge in [0.1, 0.15) is 6.54 Å². The number of carbonyl (C=O) groups excluding carboxylic acids is 1. The van der Waals surface area contributed by atoms with Crippen LogP contribution in [0.4, 0.5) is 0 Å². The predicted octanol–water partition coefficient (Wildman–Crippen LogP) is -0.189. The Bertz CT molecular complexity index is 286. The van der Waals surface area contributed by atoms with Gasteiger partial charge in [0.2, 0.25) is 5.91 Å². The van der Waals surface area contributed by atoms with Crippen molar-refractivity contribution >= 4 is 11.9 Å². The molecule has 0 aliphatic carbocycles. The maximum atomic E-state index is 11.3. The van der Waals surface area contributed by atoms with E-state index in [4.69, 9.17) is 10.4 Å². The van der Waals surface area contributed by atoms with Crippen LogP contribution < -0.4 is 5.32 Å². The van der Waals surface area contributed by atoms with E-state index in [9.17, 15) is 9.59 Å². The Morgan fingerprint density at radius 1 is 1.50 bits per heavy atom. The molecule has 0 aliphatic rings. The van der Waals surface area contributed by atoms with E-state index in [2.05, 4.69) is 5.32 Å². The Balaban J connectivity index is 4.25. The minimum atomic E-state index is -0.964. The molecule has 0 saturated heterocycles. The van der Waals surface area contributed by atoms with Crippen molar-refractivity contribution in [1.29, 1.82) is 5.26 Å². The van der Waals surface area contributed by atoms with E-state index in [1.54, 1.807) is 11.0 Å². The molecule has 0 aromatic rings. The Kier molecular flexibility index (Phi) is 6.88. The second kappa shape index (κ2) is 7.65. The number of hydrogen-bond acceptors (Lipinski definition) is 4. The molecule has 0 spiro atoms. The van der Waals surface area contributed by atoms with E-state index in [0.29, 0.717) is 0 Å². The zero-order chi connectivity index (χ0) is 12.6. The molecule has 90 valence electrons. The third-order valence-corrected chi connectivity index (χ3v) is 2.26. The minimum absolute atomic E-state index is 0.00296. The van der Waals surface area contributed by atoms with Crippen molar-refractivity contribution < 1.29 is 14.7 Å². The molecule has 0 fully saturated rings. The molecule has 1 atom stereocenters. The summed E-state index contributed by atoms with van der Waals surface area (Å²) in [6.45, 7) is 3.56. The van der Waals surface area contributed by atoms with E-state index in [-0.39, 0.29) is 31.6 Å². The number of hydrogen-bond donors (Lipinski definition) is 2. The Morgan fingerprint density at radius 3 is 2.56 bits per heavy atom. The van der Waals surface area contributed by atoms with Crippen molar-refractivity contribution in [2.75, 3.05) is 19.6 Å². The largest absolute Gasteiger partial charge is 0.480 e. The highest BCUT2D eigenvalue weighted by Crippen LogP contribution is 2.02. The molecule has 1 amide bonds. The van der Waals surface area contributed by atoms with Crippen LogP contribution >= 0.6 is 0 Å². The second-order valence-corrected chi connectivity index (χ2v) is 3.49. The van der Waals surface area contributed by atoms with E-state index in [0.717, 1.165) is 6.42 Å². The molecule has 0 rings (SSSR count). The maximum absolute atomic E-state index is 11.3. The van der Waals surface area contributed by atoms with Gasteiger partial charge in [0.25, 0.3) is 0 Å². The van der Waals surface area contributed by atoms with Crippen molar-refractivity contribution in [1.82, 2.24) is 10.2 Å². The molecular weight excluding hydrogens is 210 g/mol. The van der Waals surface area contributed by atoms with Gasteiger partial charge in [-0.1, -0.05) is 6.92 Å². The lowest BCUT2D eigenvalue weighted by molar-refractivity contribution is -0.139. The number of nitrogens with one attached hydrogen (secondary N) is 1. The van der Waals surface area contributed by atoms with Gasteiger partial charge in [-0.05, 0) is 13.3 Å². The zero-order valence-electron chi connectivity index (χ0n) is 9.56. The molecule has 1 unspecified atom stereocenters. The molecular formula is C10H17N3O3. The van der Waals surface area contributed by atoms with Gasteiger partial charge in [-0.15, -0.1) is 0 Å². The van der Waals surface area contributed by atoms with Gasteiger partial charge >= 0.3 is 5.97 Å². The quantitative estimate of drug-likeness (QED) is 0.588. The highest BCUT2D eigenvalue weighted by Gasteiger charge is 2.18. The summed E-state index contributed by atoms with van der Waals surface area (Å²) in [5, 5.41) is 19.3. The molecule has 0 saturated carbocycles. The Morgan fingerprint density at radius 2 is 2.12 bits per heavy atom. The van der Waals surface area contributed by atoms with Crippen LogP contribution in [0.2, 0.25) is 0 Å². The lowest BCUT2D eigenvalue weighted by Crippen LogP contribution is -2.44. The third-order valence-electron chi connectivity index (χ3n) is 2.26. The summed E-state index contributed by atoms with van der Waals surface area (Å²) in [6, 6.07) is 1.81. The second-order valence-electron chi connectivity index (χ2n) is 3.49. The van der Waals surface area contributed by atoms with E-state index in [1.165, 1.54) is 0 Å². The number of carboxylic acid groups (broad SMARTS) is 1. The summed E-state index contributed by atoms with van der Waals surface area (Å²) < 4.78 is 0. The Hall–Kier alpha value is -1.61. The van der Waals surface area contributed by atoms with Crippen molar-refractivity contribution in [3.05, 3.63) is 0 Å². The van der Waals surface area contributed by atoms with Crippen LogP contribution in [-0.4, -0.2) is 47.6 Å². The van der Waals surface area contributed by atoms with Crippen LogP contribution in [0.5, 0.6) is 0 Å². The van der Waals surface area contributed by atoms with Gasteiger partial charge in [0.05, 0.1) is 19.2 Å². The molecule has 0 aromatic heterocycles. The van der Waals surface area contributed by atoms with Crippen LogP contribution in [0.3, 0.4) is 0 Å². The fourth-order valence-electron chi connectivity index (χ4n) is 1.18. The molecule has 0 heterocycles. The first-order valence-corrected chi connectivity index (χ1v) is 5.10. The van der Waals surface area contributed by atoms with Crippen LogP contribution in [0.1, 0.15) is 20.3 Å². The molecule has 0 aliphatic heterocycles. The lowest BCUT2D eigenvalue weighted by atomic mass is 10.2. The van der Waals surface area contributed by atoms with Gasteiger partial charge in [0, 0.05) is 6.04 Å². The summed E-state index contributed by atoms with van der Waals surface area (Å²) in [6.07, 6.45) is 0.763. The van der Waals surface area contributed by atoms with Crippen molar-refractivity contribution in [3.8, 4) is 6.07 Å². The first-order valence-electron chi connectivity index (χ1n) is 5.10. The number of amides is 1. The zero-order valence-corrected chi connectivity index (χ0v) is 9.56. The van der Waals surface area contributed by atoms with Crippen molar-refractivity contribution in [3.63, 3.8) is 0 Å². The normalized spacial score (nSPS) is 11.9. The Labute approximate surface area is 94.8 Å². The molecule has 6 nitrogen and oxygen atoms in total. The highest BCUT2D eigenvalue weighted by atomic mass is 16.4. The fourth-order valence-corrected chi connectivity index (χ4v) is 1.18. The lowest BCUT2D eigenvalue weighted by Gasteiger charge is -2.25. The molecule has 16 heavy (non-hydrogen) atoms. The van der Waals surface area contributed by atoms with E-state index in [1.807, 2.05) is 13.8 Å². The SMILES string of the molecule is CCC(C)N(CC(=O)O)CC(=O)NCC#N. The molecule has 6 heteroatoms. The number of nitriles is 1. The van der Waals surface area contributed by atoms with Gasteiger partial charge in [-0.25, -0.2) is 0 Å². The minimum Gasteiger partial charge on any atom is -0.480 e. The highest BCUT2D eigenvalue weighted by molar-refractivity contribution is 5.79. The molecule has 0 aromatic carbocycles. The monoisotopic (exact) mass is 227 g/mol. The molecule has 0 bridgehead atoms. The number of carbonyl (C=O) groups is 2. The van der Waals surface area contributed by atoms with Crippen molar-refractivity contribution in [2.45, 2.75) is 26.3 Å². The maximum Gasteiger partial charge on any atom is 0.317 e. The smallest absolute Gasteiger partial charge is 0.317 e. The predicted molar refractivity (Wildman–Crippen MR) is 57.6 cm³/mol. The summed E-state index contributed by atoms with van der Waals surface area (Å²) in [5.74, 6) is -1.29. The van der Waals surface area contributed by atoms with E-state index >= 15 is 0 Å². The van der Waals surface area contributed by atoms with Crippen LogP contribution in [-0.2, 0) is 9.59 Å². The average molecular weight is 227 g/mol. The standard InChI is InChI=1S/C10H17N3O3/c1-3-8(2)13(7-10(15)16)6-9(14)12-5-4-11/h8H,3,5-7H2,1-2H3,(H,12,14)(H,15,16). The first kappa shape index (κ1) is 14.4. The average Bonchev–Trinajstić information content (AvgIpc) is 2.23. The number of nitrogens with zero attached hydrogens (tertiary/aromatic N) is 2. The first-order chi connectivity index (χ1) is 7.51. The number of aliphatic carboxylic acids is 1. The third kappa shape index (κ3) is 5.98. The topological polar surface area (TPSA) is 93.4 Å². The summed E-state index contributed by atoms with van der Waals surface area (Å²) in [7, 11) is 0. The van der Waals surface area contributed by atoms with Crippen LogP contribution in [0, 0.1) is 11.3 Å². The van der Waals surface area contributed by atoms with Gasteiger partial charge in [-0.3, -0.25) is 14.5 Å². The molecule has 0 radical (unpaired) electrons. The van der Waals surface area contributed by atoms with Gasteiger partial charge < -0.3 is 10.4 Å². The summed E-state index contributed by atoms with van der Waals surface area (Å²) >= 11 is 0. The summed E-state index contributed by atoms with van der Waals surface area (Å²) in [5.41, 5.74) is 0. The summed E-state index contributed by atoms with van der Waals surface area (Å²) in [4.78, 5) is 23.5. The number of rotatable bonds is 7. The number of carboxylic acids is 1. The molecule has 2 N–H and O–H groups in total. The van der Waals surface area contributed by atoms with Gasteiger partial charge in [-0.2, -0.15) is 5.26 Å². The fraction of sp³-hybridized carbons (Fsp3) is 0.700. The van der Waals surface area contributed by atoms with Crippen LogP contribution in [0.25, 0.3) is 0 Å². The van der Waals surface area contributed by atoms with Gasteiger partial charge in [0.15, 0.2) is 0 Å².